The fourth-order valence-electron chi connectivity index (χ4n) is 3.06. The van der Waals surface area contributed by atoms with Crippen LogP contribution < -0.4 is 10.6 Å². The molecule has 3 aromatic rings. The summed E-state index contributed by atoms with van der Waals surface area (Å²) in [7, 11) is 1.61. The maximum atomic E-state index is 12.3. The van der Waals surface area contributed by atoms with E-state index in [-0.39, 0.29) is 22.5 Å². The summed E-state index contributed by atoms with van der Waals surface area (Å²) >= 11 is 2.33. The molecule has 2 N–H and O–H groups in total. The van der Waals surface area contributed by atoms with Crippen LogP contribution in [0.1, 0.15) is 18.7 Å². The maximum Gasteiger partial charge on any atom is 0.228 e. The highest BCUT2D eigenvalue weighted by Gasteiger charge is 2.30. The van der Waals surface area contributed by atoms with Gasteiger partial charge in [0.25, 0.3) is 0 Å². The number of hydrogen-bond donors (Lipinski definition) is 2. The van der Waals surface area contributed by atoms with Crippen molar-refractivity contribution in [3.8, 4) is 0 Å². The number of carbonyl (C=O) groups excluding carboxylic acids is 1. The second kappa shape index (κ2) is 8.65. The average Bonchev–Trinajstić information content (AvgIpc) is 3.51. The number of nitrogens with one attached hydrogen (secondary N) is 2. The van der Waals surface area contributed by atoms with Gasteiger partial charge in [-0.05, 0) is 60.2 Å². The molecule has 1 aliphatic rings. The molecule has 2 aromatic heterocycles. The molecule has 1 amide bonds. The Balaban J connectivity index is 1.81. The van der Waals surface area contributed by atoms with Crippen molar-refractivity contribution in [1.29, 1.82) is 0 Å². The fraction of sp³-hybridized carbons (Fsp3) is 0.316. The largest absolute Gasteiger partial charge is 0.353 e. The zero-order valence-corrected chi connectivity index (χ0v) is 20.3. The van der Waals surface area contributed by atoms with Crippen molar-refractivity contribution in [2.75, 3.05) is 23.9 Å². The Kier molecular flexibility index (Phi) is 6.17. The predicted molar refractivity (Wildman–Crippen MR) is 131 cm³/mol. The number of aromatic nitrogens is 3. The van der Waals surface area contributed by atoms with Crippen molar-refractivity contribution in [3.05, 3.63) is 36.2 Å². The first-order valence-corrected chi connectivity index (χ1v) is 14.9. The van der Waals surface area contributed by atoms with Crippen LogP contribution in [0.5, 0.6) is 0 Å². The highest BCUT2D eigenvalue weighted by molar-refractivity contribution is 14.2. The number of pyridine rings is 1. The molecular weight excluding hydrogens is 518 g/mol. The number of para-hydroxylation sites is 1. The molecule has 0 bridgehead atoms. The summed E-state index contributed by atoms with van der Waals surface area (Å²) in [6.45, 7) is 1.98. The number of amides is 1. The lowest BCUT2D eigenvalue weighted by Gasteiger charge is -2.14. The SMILES string of the molecule is CN=S(C)c1ccccc1Nc1cc(NC(=O)C2CC2)nc2c1nc(C)n2PI. The number of imidazole rings is 1. The average molecular weight is 540 g/mol. The highest BCUT2D eigenvalue weighted by Crippen LogP contribution is 2.36. The summed E-state index contributed by atoms with van der Waals surface area (Å²) in [5.41, 5.74) is 3.40. The van der Waals surface area contributed by atoms with E-state index in [0.29, 0.717) is 12.2 Å². The first-order valence-electron chi connectivity index (χ1n) is 9.21. The first-order chi connectivity index (χ1) is 14.0. The van der Waals surface area contributed by atoms with E-state index in [9.17, 15) is 4.79 Å². The molecule has 2 unspecified atom stereocenters. The summed E-state index contributed by atoms with van der Waals surface area (Å²) in [5, 5.41) is 6.52. The number of nitrogens with zero attached hydrogens (tertiary/aromatic N) is 4. The minimum absolute atomic E-state index is 0.0443. The van der Waals surface area contributed by atoms with Crippen LogP contribution in [0, 0.1) is 12.8 Å². The number of hydrogen-bond acceptors (Lipinski definition) is 5. The van der Waals surface area contributed by atoms with Gasteiger partial charge in [-0.1, -0.05) is 22.8 Å². The van der Waals surface area contributed by atoms with Crippen molar-refractivity contribution in [2.45, 2.75) is 24.7 Å². The van der Waals surface area contributed by atoms with Gasteiger partial charge in [-0.25, -0.2) is 9.97 Å². The molecule has 2 heterocycles. The third kappa shape index (κ3) is 4.32. The zero-order chi connectivity index (χ0) is 20.5. The Labute approximate surface area is 186 Å². The highest BCUT2D eigenvalue weighted by atomic mass is 127. The van der Waals surface area contributed by atoms with Crippen molar-refractivity contribution in [1.82, 2.24) is 14.3 Å². The summed E-state index contributed by atoms with van der Waals surface area (Å²) in [5.74, 6) is 1.63. The number of anilines is 3. The fourth-order valence-corrected chi connectivity index (χ4v) is 6.11. The third-order valence-electron chi connectivity index (χ3n) is 4.82. The van der Waals surface area contributed by atoms with Gasteiger partial charge in [-0.2, -0.15) is 0 Å². The molecule has 1 aliphatic carbocycles. The molecule has 10 heteroatoms. The Hall–Kier alpha value is -1.58. The maximum absolute atomic E-state index is 12.3. The Morgan fingerprint density at radius 1 is 1.31 bits per heavy atom. The Morgan fingerprint density at radius 3 is 2.76 bits per heavy atom. The van der Waals surface area contributed by atoms with E-state index < -0.39 is 0 Å². The molecule has 1 fully saturated rings. The smallest absolute Gasteiger partial charge is 0.228 e. The van der Waals surface area contributed by atoms with Crippen LogP contribution in [0.3, 0.4) is 0 Å². The molecule has 0 aliphatic heterocycles. The van der Waals surface area contributed by atoms with Gasteiger partial charge in [-0.15, -0.1) is 0 Å². The van der Waals surface area contributed by atoms with Crippen LogP contribution in [0.2, 0.25) is 0 Å². The van der Waals surface area contributed by atoms with Gasteiger partial charge in [0.15, 0.2) is 5.65 Å². The number of fused-ring (bicyclic) bond motifs is 1. The van der Waals surface area contributed by atoms with Gasteiger partial charge in [0, 0.05) is 23.9 Å². The monoisotopic (exact) mass is 540 g/mol. The van der Waals surface area contributed by atoms with Gasteiger partial charge >= 0.3 is 0 Å². The van der Waals surface area contributed by atoms with Crippen molar-refractivity contribution in [2.24, 2.45) is 10.3 Å². The zero-order valence-electron chi connectivity index (χ0n) is 16.4. The molecule has 7 nitrogen and oxygen atoms in total. The molecular formula is C19H22IN6OPS. The topological polar surface area (TPSA) is 84.2 Å². The number of carbonyl (C=O) groups is 1. The van der Waals surface area contributed by atoms with E-state index in [2.05, 4.69) is 53.7 Å². The molecule has 29 heavy (non-hydrogen) atoms. The van der Waals surface area contributed by atoms with Gasteiger partial charge in [0.05, 0.1) is 17.7 Å². The molecule has 1 aromatic carbocycles. The summed E-state index contributed by atoms with van der Waals surface area (Å²) < 4.78 is 6.51. The number of rotatable bonds is 6. The minimum Gasteiger partial charge on any atom is -0.353 e. The number of benzene rings is 1. The standard InChI is InChI=1S/C19H22IN6OPS/c1-11-22-17-14(23-13-6-4-5-7-15(13)29(3)21-2)10-16(24-18(17)26(11)28-20)25-19(27)12-8-9-12/h4-7,10,12,28H,8-9H2,1-3H3,(H2,23,24,25,27). The van der Waals surface area contributed by atoms with E-state index >= 15 is 0 Å². The van der Waals surface area contributed by atoms with Crippen LogP contribution in [0.15, 0.2) is 39.6 Å². The van der Waals surface area contributed by atoms with Crippen LogP contribution >= 0.6 is 28.4 Å². The molecule has 1 saturated carbocycles. The molecule has 152 valence electrons. The minimum atomic E-state index is -0.221. The van der Waals surface area contributed by atoms with E-state index in [4.69, 9.17) is 9.97 Å². The van der Waals surface area contributed by atoms with Crippen molar-refractivity contribution in [3.63, 3.8) is 0 Å². The molecule has 4 rings (SSSR count). The van der Waals surface area contributed by atoms with Gasteiger partial charge in [-0.3, -0.25) is 13.5 Å². The Morgan fingerprint density at radius 2 is 2.07 bits per heavy atom. The lowest BCUT2D eigenvalue weighted by molar-refractivity contribution is -0.117. The molecule has 0 saturated heterocycles. The van der Waals surface area contributed by atoms with E-state index in [0.717, 1.165) is 46.1 Å². The molecule has 2 atom stereocenters. The lowest BCUT2D eigenvalue weighted by Crippen LogP contribution is -2.14. The van der Waals surface area contributed by atoms with Gasteiger partial charge < -0.3 is 10.6 Å². The molecule has 0 radical (unpaired) electrons. The van der Waals surface area contributed by atoms with Crippen LogP contribution in [0.4, 0.5) is 17.2 Å². The lowest BCUT2D eigenvalue weighted by atomic mass is 10.2. The van der Waals surface area contributed by atoms with Crippen LogP contribution in [-0.2, 0) is 15.5 Å². The van der Waals surface area contributed by atoms with Crippen molar-refractivity contribution < 1.29 is 4.79 Å². The van der Waals surface area contributed by atoms with Crippen LogP contribution in [0.25, 0.3) is 11.2 Å². The predicted octanol–water partition coefficient (Wildman–Crippen LogP) is 5.04. The van der Waals surface area contributed by atoms with Gasteiger partial charge in [0.2, 0.25) is 5.91 Å². The summed E-state index contributed by atoms with van der Waals surface area (Å²) in [6, 6.07) is 10.0. The summed E-state index contributed by atoms with van der Waals surface area (Å²) in [4.78, 5) is 22.9. The number of halogens is 1. The van der Waals surface area contributed by atoms with E-state index in [1.165, 1.54) is 0 Å². The van der Waals surface area contributed by atoms with Crippen molar-refractivity contribution >= 4 is 73.4 Å². The quantitative estimate of drug-likeness (QED) is 0.339. The second-order valence-electron chi connectivity index (χ2n) is 6.85. The normalized spacial score (nSPS) is 15.3. The Bertz CT molecular complexity index is 1130. The number of aryl methyl sites for hydroxylation is 1. The molecule has 0 spiro atoms. The van der Waals surface area contributed by atoms with E-state index in [1.807, 2.05) is 38.2 Å². The van der Waals surface area contributed by atoms with Crippen LogP contribution in [-0.4, -0.2) is 33.5 Å². The van der Waals surface area contributed by atoms with E-state index in [1.54, 1.807) is 0 Å². The summed E-state index contributed by atoms with van der Waals surface area (Å²) in [6.07, 6.45) is 4.48. The second-order valence-corrected chi connectivity index (χ2v) is 10.7. The first kappa shape index (κ1) is 20.7. The van der Waals surface area contributed by atoms with Gasteiger partial charge in [0.1, 0.15) is 17.2 Å². The third-order valence-corrected chi connectivity index (χ3v) is 8.51.